The van der Waals surface area contributed by atoms with Crippen LogP contribution in [-0.2, 0) is 0 Å². The van der Waals surface area contributed by atoms with Gasteiger partial charge in [-0.15, -0.1) is 0 Å². The molecule has 0 fully saturated rings. The second-order valence-corrected chi connectivity index (χ2v) is 3.88. The first-order valence-corrected chi connectivity index (χ1v) is 5.01. The largest absolute Gasteiger partial charge is 0.237 e. The fraction of sp³-hybridized carbons (Fsp3) is 0.364. The van der Waals surface area contributed by atoms with Crippen LogP contribution in [0.25, 0.3) is 5.82 Å². The van der Waals surface area contributed by atoms with Gasteiger partial charge in [0.1, 0.15) is 12.2 Å². The molecule has 0 aliphatic rings. The topological polar surface area (TPSA) is 43.6 Å². The third kappa shape index (κ3) is 1.88. The van der Waals surface area contributed by atoms with Crippen molar-refractivity contribution in [2.24, 2.45) is 0 Å². The molecular formula is C11H14N4. The molecule has 0 aliphatic carbocycles. The van der Waals surface area contributed by atoms with E-state index in [9.17, 15) is 0 Å². The maximum atomic E-state index is 4.32. The molecule has 2 aromatic rings. The lowest BCUT2D eigenvalue weighted by molar-refractivity contribution is 0.702. The van der Waals surface area contributed by atoms with E-state index in [1.807, 2.05) is 25.3 Å². The zero-order chi connectivity index (χ0) is 10.8. The van der Waals surface area contributed by atoms with Crippen LogP contribution >= 0.6 is 0 Å². The number of hydrogen-bond donors (Lipinski definition) is 0. The number of aromatic nitrogens is 4. The van der Waals surface area contributed by atoms with E-state index in [0.29, 0.717) is 5.92 Å². The van der Waals surface area contributed by atoms with Gasteiger partial charge in [-0.2, -0.15) is 9.78 Å². The molecule has 0 unspecified atom stereocenters. The van der Waals surface area contributed by atoms with E-state index in [0.717, 1.165) is 17.2 Å². The van der Waals surface area contributed by atoms with Crippen LogP contribution in [0, 0.1) is 6.92 Å². The standard InChI is InChI=1S/C11H14N4/c1-8(2)11-13-7-14-15(11)10-5-4-9(3)6-12-10/h4-8H,1-3H3. The highest BCUT2D eigenvalue weighted by Crippen LogP contribution is 2.14. The van der Waals surface area contributed by atoms with Crippen LogP contribution in [0.1, 0.15) is 31.2 Å². The quantitative estimate of drug-likeness (QED) is 0.749. The average Bonchev–Trinajstić information content (AvgIpc) is 2.67. The van der Waals surface area contributed by atoms with Crippen molar-refractivity contribution in [3.05, 3.63) is 36.0 Å². The minimum Gasteiger partial charge on any atom is -0.237 e. The molecule has 0 amide bonds. The van der Waals surface area contributed by atoms with Gasteiger partial charge in [0.05, 0.1) is 0 Å². The van der Waals surface area contributed by atoms with E-state index in [1.165, 1.54) is 0 Å². The molecule has 2 rings (SSSR count). The smallest absolute Gasteiger partial charge is 0.155 e. The maximum absolute atomic E-state index is 4.32. The molecule has 0 spiro atoms. The second-order valence-electron chi connectivity index (χ2n) is 3.88. The van der Waals surface area contributed by atoms with Crippen LogP contribution in [0.3, 0.4) is 0 Å². The monoisotopic (exact) mass is 202 g/mol. The summed E-state index contributed by atoms with van der Waals surface area (Å²) in [7, 11) is 0. The van der Waals surface area contributed by atoms with Gasteiger partial charge < -0.3 is 0 Å². The molecule has 0 saturated carbocycles. The highest BCUT2D eigenvalue weighted by molar-refractivity contribution is 5.25. The van der Waals surface area contributed by atoms with Crippen molar-refractivity contribution in [3.8, 4) is 5.82 Å². The lowest BCUT2D eigenvalue weighted by atomic mass is 10.2. The summed E-state index contributed by atoms with van der Waals surface area (Å²) in [4.78, 5) is 8.55. The predicted molar refractivity (Wildman–Crippen MR) is 58.0 cm³/mol. The van der Waals surface area contributed by atoms with Crippen molar-refractivity contribution in [3.63, 3.8) is 0 Å². The molecular weight excluding hydrogens is 188 g/mol. The van der Waals surface area contributed by atoms with Gasteiger partial charge >= 0.3 is 0 Å². The lowest BCUT2D eigenvalue weighted by Gasteiger charge is -2.07. The number of rotatable bonds is 2. The van der Waals surface area contributed by atoms with Crippen LogP contribution in [0.5, 0.6) is 0 Å². The molecule has 4 heteroatoms. The average molecular weight is 202 g/mol. The summed E-state index contributed by atoms with van der Waals surface area (Å²) < 4.78 is 1.78. The fourth-order valence-electron chi connectivity index (χ4n) is 1.41. The summed E-state index contributed by atoms with van der Waals surface area (Å²) in [5, 5.41) is 4.18. The summed E-state index contributed by atoms with van der Waals surface area (Å²) in [6.07, 6.45) is 3.40. The maximum Gasteiger partial charge on any atom is 0.155 e. The molecule has 0 N–H and O–H groups in total. The van der Waals surface area contributed by atoms with Crippen LogP contribution in [0.4, 0.5) is 0 Å². The van der Waals surface area contributed by atoms with Crippen LogP contribution < -0.4 is 0 Å². The Kier molecular flexibility index (Phi) is 2.49. The molecule has 0 saturated heterocycles. The van der Waals surface area contributed by atoms with Gasteiger partial charge in [0.25, 0.3) is 0 Å². The van der Waals surface area contributed by atoms with E-state index in [4.69, 9.17) is 0 Å². The zero-order valence-corrected chi connectivity index (χ0v) is 9.18. The van der Waals surface area contributed by atoms with Crippen molar-refractivity contribution < 1.29 is 0 Å². The van der Waals surface area contributed by atoms with Crippen molar-refractivity contribution >= 4 is 0 Å². The normalized spacial score (nSPS) is 10.9. The van der Waals surface area contributed by atoms with E-state index in [2.05, 4.69) is 28.9 Å². The van der Waals surface area contributed by atoms with Gasteiger partial charge in [-0.25, -0.2) is 9.97 Å². The van der Waals surface area contributed by atoms with Crippen LogP contribution in [0.2, 0.25) is 0 Å². The summed E-state index contributed by atoms with van der Waals surface area (Å²) in [6.45, 7) is 6.20. The Hall–Kier alpha value is -1.71. The molecule has 0 atom stereocenters. The minimum atomic E-state index is 0.343. The molecule has 0 aliphatic heterocycles. The Bertz CT molecular complexity index is 442. The van der Waals surface area contributed by atoms with Gasteiger partial charge in [-0.3, -0.25) is 0 Å². The van der Waals surface area contributed by atoms with Crippen molar-refractivity contribution in [1.82, 2.24) is 19.7 Å². The molecule has 2 aromatic heterocycles. The predicted octanol–water partition coefficient (Wildman–Crippen LogP) is 2.09. The highest BCUT2D eigenvalue weighted by atomic mass is 15.4. The number of hydrogen-bond acceptors (Lipinski definition) is 3. The summed E-state index contributed by atoms with van der Waals surface area (Å²) in [5.41, 5.74) is 1.14. The number of pyridine rings is 1. The SMILES string of the molecule is Cc1ccc(-n2ncnc2C(C)C)nc1. The lowest BCUT2D eigenvalue weighted by Crippen LogP contribution is -2.06. The fourth-order valence-corrected chi connectivity index (χ4v) is 1.41. The Balaban J connectivity index is 2.45. The third-order valence-electron chi connectivity index (χ3n) is 2.20. The third-order valence-corrected chi connectivity index (χ3v) is 2.20. The molecule has 0 radical (unpaired) electrons. The molecule has 15 heavy (non-hydrogen) atoms. The van der Waals surface area contributed by atoms with Crippen molar-refractivity contribution in [2.45, 2.75) is 26.7 Å². The second kappa shape index (κ2) is 3.81. The minimum absolute atomic E-state index is 0.343. The highest BCUT2D eigenvalue weighted by Gasteiger charge is 2.10. The van der Waals surface area contributed by atoms with Gasteiger partial charge in [-0.1, -0.05) is 19.9 Å². The first-order chi connectivity index (χ1) is 7.18. The van der Waals surface area contributed by atoms with Gasteiger partial charge in [0, 0.05) is 12.1 Å². The Morgan fingerprint density at radius 3 is 2.60 bits per heavy atom. The molecule has 0 aromatic carbocycles. The Morgan fingerprint density at radius 2 is 2.00 bits per heavy atom. The van der Waals surface area contributed by atoms with Gasteiger partial charge in [-0.05, 0) is 18.6 Å². The van der Waals surface area contributed by atoms with E-state index < -0.39 is 0 Å². The van der Waals surface area contributed by atoms with Crippen molar-refractivity contribution in [2.75, 3.05) is 0 Å². The summed E-state index contributed by atoms with van der Waals surface area (Å²) in [5.74, 6) is 2.10. The van der Waals surface area contributed by atoms with Crippen LogP contribution in [-0.4, -0.2) is 19.7 Å². The van der Waals surface area contributed by atoms with Crippen LogP contribution in [0.15, 0.2) is 24.7 Å². The summed E-state index contributed by atoms with van der Waals surface area (Å²) in [6, 6.07) is 3.98. The van der Waals surface area contributed by atoms with E-state index >= 15 is 0 Å². The molecule has 78 valence electrons. The number of nitrogens with zero attached hydrogens (tertiary/aromatic N) is 4. The molecule has 0 bridgehead atoms. The zero-order valence-electron chi connectivity index (χ0n) is 9.18. The first kappa shape index (κ1) is 9.83. The molecule has 4 nitrogen and oxygen atoms in total. The van der Waals surface area contributed by atoms with Crippen molar-refractivity contribution in [1.29, 1.82) is 0 Å². The van der Waals surface area contributed by atoms with E-state index in [-0.39, 0.29) is 0 Å². The Labute approximate surface area is 89.0 Å². The first-order valence-electron chi connectivity index (χ1n) is 5.01. The van der Waals surface area contributed by atoms with Gasteiger partial charge in [0.2, 0.25) is 0 Å². The summed E-state index contributed by atoms with van der Waals surface area (Å²) >= 11 is 0. The molecule has 2 heterocycles. The van der Waals surface area contributed by atoms with E-state index in [1.54, 1.807) is 11.0 Å². The Morgan fingerprint density at radius 1 is 1.20 bits per heavy atom. The number of aryl methyl sites for hydroxylation is 1. The van der Waals surface area contributed by atoms with Gasteiger partial charge in [0.15, 0.2) is 5.82 Å².